The summed E-state index contributed by atoms with van der Waals surface area (Å²) < 4.78 is 26.8. The predicted octanol–water partition coefficient (Wildman–Crippen LogP) is 3.41. The van der Waals surface area contributed by atoms with E-state index in [9.17, 15) is 8.42 Å². The summed E-state index contributed by atoms with van der Waals surface area (Å²) in [5.74, 6) is 0. The number of benzene rings is 1. The molecular weight excluding hydrogens is 385 g/mol. The molecule has 0 radical (unpaired) electrons. The Balaban J connectivity index is 2.03. The maximum atomic E-state index is 12.9. The van der Waals surface area contributed by atoms with E-state index in [1.54, 1.807) is 16.4 Å². The second kappa shape index (κ2) is 4.96. The van der Waals surface area contributed by atoms with Crippen LogP contribution in [-0.4, -0.2) is 22.8 Å². The number of allylic oxidation sites excluding steroid dienone is 1. The average Bonchev–Trinajstić information content (AvgIpc) is 2.77. The molecule has 1 aliphatic heterocycles. The van der Waals surface area contributed by atoms with Crippen LogP contribution in [0.1, 0.15) is 18.4 Å². The van der Waals surface area contributed by atoms with Crippen molar-refractivity contribution >= 4 is 32.6 Å². The number of hydrogen-bond acceptors (Lipinski definition) is 2. The van der Waals surface area contributed by atoms with Crippen molar-refractivity contribution in [3.05, 3.63) is 53.6 Å². The van der Waals surface area contributed by atoms with E-state index >= 15 is 0 Å². The molecule has 20 heavy (non-hydrogen) atoms. The van der Waals surface area contributed by atoms with Crippen LogP contribution in [0.25, 0.3) is 0 Å². The summed E-state index contributed by atoms with van der Waals surface area (Å²) in [6, 6.07) is 7.06. The van der Waals surface area contributed by atoms with Crippen molar-refractivity contribution in [1.29, 1.82) is 0 Å². The van der Waals surface area contributed by atoms with Gasteiger partial charge in [-0.3, -0.25) is 0 Å². The molecule has 2 aliphatic rings. The number of aryl methyl sites for hydroxylation is 1. The maximum absolute atomic E-state index is 12.9. The third kappa shape index (κ3) is 2.16. The summed E-state index contributed by atoms with van der Waals surface area (Å²) in [5, 5.41) is 0. The molecular formula is C15H16INO2S. The van der Waals surface area contributed by atoms with E-state index in [1.807, 2.05) is 25.1 Å². The zero-order chi connectivity index (χ0) is 14.4. The third-order valence-electron chi connectivity index (χ3n) is 3.84. The van der Waals surface area contributed by atoms with E-state index in [2.05, 4.69) is 34.7 Å². The molecule has 0 spiro atoms. The molecule has 0 N–H and O–H groups in total. The molecule has 1 aliphatic carbocycles. The Bertz CT molecular complexity index is 691. The maximum Gasteiger partial charge on any atom is 0.245 e. The van der Waals surface area contributed by atoms with Gasteiger partial charge in [0.25, 0.3) is 0 Å². The molecule has 0 amide bonds. The Kier molecular flexibility index (Phi) is 3.54. The molecule has 1 atom stereocenters. The number of hydrogen-bond donors (Lipinski definition) is 0. The molecule has 1 unspecified atom stereocenters. The van der Waals surface area contributed by atoms with Gasteiger partial charge in [0.15, 0.2) is 0 Å². The molecule has 3 rings (SSSR count). The Morgan fingerprint density at radius 3 is 2.65 bits per heavy atom. The highest BCUT2D eigenvalue weighted by Gasteiger charge is 2.46. The van der Waals surface area contributed by atoms with Crippen LogP contribution in [0.4, 0.5) is 0 Å². The molecule has 0 saturated carbocycles. The van der Waals surface area contributed by atoms with Crippen LogP contribution in [0.15, 0.2) is 53.0 Å². The molecule has 0 aromatic heterocycles. The summed E-state index contributed by atoms with van der Waals surface area (Å²) in [6.07, 6.45) is 8.09. The summed E-state index contributed by atoms with van der Waals surface area (Å²) in [4.78, 5) is 0.368. The quantitative estimate of drug-likeness (QED) is 0.330. The largest absolute Gasteiger partial charge is 0.245 e. The summed E-state index contributed by atoms with van der Waals surface area (Å²) >= 11 is 2.25. The SMILES string of the molecule is Cc1ccc(S(=O)(=O)N2CC=C3CCC=CC32I)cc1. The van der Waals surface area contributed by atoms with Gasteiger partial charge in [-0.2, -0.15) is 4.31 Å². The Labute approximate surface area is 133 Å². The van der Waals surface area contributed by atoms with E-state index < -0.39 is 13.6 Å². The first-order valence-electron chi connectivity index (χ1n) is 6.60. The highest BCUT2D eigenvalue weighted by molar-refractivity contribution is 14.1. The van der Waals surface area contributed by atoms with Crippen LogP contribution in [0.5, 0.6) is 0 Å². The van der Waals surface area contributed by atoms with E-state index in [0.717, 1.165) is 18.4 Å². The smallest absolute Gasteiger partial charge is 0.207 e. The van der Waals surface area contributed by atoms with Crippen molar-refractivity contribution in [2.75, 3.05) is 6.54 Å². The van der Waals surface area contributed by atoms with Crippen molar-refractivity contribution < 1.29 is 8.42 Å². The topological polar surface area (TPSA) is 37.4 Å². The normalized spacial score (nSPS) is 26.4. The standard InChI is InChI=1S/C15H16INO2S/c1-12-5-7-14(8-6-12)20(18,19)17-11-9-13-4-2-3-10-15(13,17)16/h3,5-10H,2,4,11H2,1H3. The molecule has 1 aromatic rings. The van der Waals surface area contributed by atoms with Crippen LogP contribution < -0.4 is 0 Å². The first-order chi connectivity index (χ1) is 9.44. The molecule has 5 heteroatoms. The van der Waals surface area contributed by atoms with Gasteiger partial charge in [-0.15, -0.1) is 0 Å². The van der Waals surface area contributed by atoms with Crippen LogP contribution in [0.2, 0.25) is 0 Å². The fraction of sp³-hybridized carbons (Fsp3) is 0.333. The van der Waals surface area contributed by atoms with E-state index in [4.69, 9.17) is 0 Å². The van der Waals surface area contributed by atoms with E-state index in [0.29, 0.717) is 11.4 Å². The van der Waals surface area contributed by atoms with Gasteiger partial charge in [0.1, 0.15) is 3.55 Å². The van der Waals surface area contributed by atoms with Gasteiger partial charge in [-0.05, 0) is 37.5 Å². The van der Waals surface area contributed by atoms with Crippen molar-refractivity contribution in [1.82, 2.24) is 4.31 Å². The number of rotatable bonds is 2. The molecule has 106 valence electrons. The van der Waals surface area contributed by atoms with Gasteiger partial charge in [0.2, 0.25) is 10.0 Å². The minimum absolute atomic E-state index is 0.368. The number of halogens is 1. The Morgan fingerprint density at radius 2 is 1.95 bits per heavy atom. The molecule has 3 nitrogen and oxygen atoms in total. The van der Waals surface area contributed by atoms with Crippen molar-refractivity contribution in [2.45, 2.75) is 28.2 Å². The van der Waals surface area contributed by atoms with Crippen LogP contribution in [0.3, 0.4) is 0 Å². The first-order valence-corrected chi connectivity index (χ1v) is 9.12. The van der Waals surface area contributed by atoms with E-state index in [1.165, 1.54) is 5.57 Å². The Hall–Kier alpha value is -0.660. The first kappa shape index (κ1) is 14.3. The lowest BCUT2D eigenvalue weighted by molar-refractivity contribution is 0.422. The summed E-state index contributed by atoms with van der Waals surface area (Å²) in [7, 11) is -3.46. The van der Waals surface area contributed by atoms with Crippen molar-refractivity contribution in [3.8, 4) is 0 Å². The number of sulfonamides is 1. The molecule has 1 heterocycles. The minimum atomic E-state index is -3.46. The van der Waals surface area contributed by atoms with Gasteiger partial charge in [0, 0.05) is 6.54 Å². The number of alkyl halides is 1. The van der Waals surface area contributed by atoms with E-state index in [-0.39, 0.29) is 0 Å². The fourth-order valence-corrected chi connectivity index (χ4v) is 5.94. The van der Waals surface area contributed by atoms with Gasteiger partial charge in [0.05, 0.1) is 4.90 Å². The highest BCUT2D eigenvalue weighted by Crippen LogP contribution is 2.45. The highest BCUT2D eigenvalue weighted by atomic mass is 127. The summed E-state index contributed by atoms with van der Waals surface area (Å²) in [5.41, 5.74) is 2.27. The van der Waals surface area contributed by atoms with Gasteiger partial charge >= 0.3 is 0 Å². The van der Waals surface area contributed by atoms with Crippen molar-refractivity contribution in [3.63, 3.8) is 0 Å². The lowest BCUT2D eigenvalue weighted by Gasteiger charge is -2.34. The lowest BCUT2D eigenvalue weighted by Crippen LogP contribution is -2.44. The Morgan fingerprint density at radius 1 is 1.25 bits per heavy atom. The molecule has 0 bridgehead atoms. The fourth-order valence-electron chi connectivity index (χ4n) is 2.69. The zero-order valence-electron chi connectivity index (χ0n) is 11.2. The summed E-state index contributed by atoms with van der Waals surface area (Å²) in [6.45, 7) is 2.41. The molecule has 0 fully saturated rings. The monoisotopic (exact) mass is 401 g/mol. The number of fused-ring (bicyclic) bond motifs is 1. The van der Waals surface area contributed by atoms with Gasteiger partial charge in [-0.1, -0.05) is 58.5 Å². The van der Waals surface area contributed by atoms with Gasteiger partial charge in [-0.25, -0.2) is 8.42 Å². The van der Waals surface area contributed by atoms with Crippen LogP contribution in [-0.2, 0) is 10.0 Å². The van der Waals surface area contributed by atoms with Crippen LogP contribution in [0, 0.1) is 6.92 Å². The third-order valence-corrected chi connectivity index (χ3v) is 7.69. The van der Waals surface area contributed by atoms with Crippen molar-refractivity contribution in [2.24, 2.45) is 0 Å². The molecule has 0 saturated heterocycles. The average molecular weight is 401 g/mol. The molecule has 1 aromatic carbocycles. The lowest BCUT2D eigenvalue weighted by atomic mass is 9.98. The van der Waals surface area contributed by atoms with Crippen LogP contribution >= 0.6 is 22.6 Å². The second-order valence-electron chi connectivity index (χ2n) is 5.19. The predicted molar refractivity (Wildman–Crippen MR) is 88.3 cm³/mol. The zero-order valence-corrected chi connectivity index (χ0v) is 14.2. The second-order valence-corrected chi connectivity index (χ2v) is 8.70. The van der Waals surface area contributed by atoms with Gasteiger partial charge < -0.3 is 0 Å². The minimum Gasteiger partial charge on any atom is -0.207 e. The number of nitrogens with zero attached hydrogens (tertiary/aromatic N) is 1.